The van der Waals surface area contributed by atoms with E-state index in [0.29, 0.717) is 13.0 Å². The lowest BCUT2D eigenvalue weighted by molar-refractivity contribution is -0.112. The topological polar surface area (TPSA) is 60.2 Å². The third-order valence-corrected chi connectivity index (χ3v) is 4.80. The van der Waals surface area contributed by atoms with Crippen molar-refractivity contribution in [2.24, 2.45) is 5.73 Å². The predicted molar refractivity (Wildman–Crippen MR) is 100 cm³/mol. The number of carbonyl (C=O) groups is 2. The average molecular weight is 409 g/mol. The summed E-state index contributed by atoms with van der Waals surface area (Å²) in [6.07, 6.45) is 2.04. The number of hydrogen-bond donors (Lipinski definition) is 1. The van der Waals surface area contributed by atoms with Gasteiger partial charge >= 0.3 is 0 Å². The summed E-state index contributed by atoms with van der Waals surface area (Å²) in [5, 5.41) is 0.135. The van der Waals surface area contributed by atoms with Crippen molar-refractivity contribution in [3.8, 4) is 0 Å². The average Bonchev–Trinajstić information content (AvgIpc) is 2.44. The van der Waals surface area contributed by atoms with Crippen LogP contribution in [0.4, 0.5) is 0 Å². The zero-order valence-corrected chi connectivity index (χ0v) is 16.2. The van der Waals surface area contributed by atoms with Gasteiger partial charge in [-0.3, -0.25) is 9.59 Å². The number of alkyl halides is 1. The van der Waals surface area contributed by atoms with Crippen molar-refractivity contribution in [1.29, 1.82) is 0 Å². The second-order valence-corrected chi connectivity index (χ2v) is 8.42. The standard InChI is InChI=1S/C16H22BrNO2S.ClH/c1-16(2,17)15(20)21-11-9-12-5-7-13(8-6-12)14(19)4-3-10-18;/h5-8H,3-4,9-11,18H2,1-2H3;1H. The van der Waals surface area contributed by atoms with Crippen molar-refractivity contribution in [2.75, 3.05) is 12.3 Å². The molecular weight excluding hydrogens is 386 g/mol. The molecule has 0 bridgehead atoms. The summed E-state index contributed by atoms with van der Waals surface area (Å²) in [7, 11) is 0. The number of thioether (sulfide) groups is 1. The molecule has 0 heterocycles. The number of benzene rings is 1. The zero-order chi connectivity index (χ0) is 15.9. The van der Waals surface area contributed by atoms with E-state index in [1.54, 1.807) is 0 Å². The zero-order valence-electron chi connectivity index (χ0n) is 12.9. The number of carbonyl (C=O) groups excluding carboxylic acids is 2. The minimum Gasteiger partial charge on any atom is -0.330 e. The second kappa shape index (κ2) is 10.4. The Kier molecular flexibility index (Phi) is 10.3. The lowest BCUT2D eigenvalue weighted by Gasteiger charge is -2.13. The summed E-state index contributed by atoms with van der Waals surface area (Å²) in [4.78, 5) is 23.6. The molecule has 6 heteroatoms. The van der Waals surface area contributed by atoms with E-state index in [4.69, 9.17) is 5.73 Å². The van der Waals surface area contributed by atoms with Gasteiger partial charge in [0, 0.05) is 17.7 Å². The molecule has 0 aliphatic rings. The van der Waals surface area contributed by atoms with E-state index >= 15 is 0 Å². The van der Waals surface area contributed by atoms with Gasteiger partial charge in [-0.1, -0.05) is 52.0 Å². The molecule has 2 N–H and O–H groups in total. The van der Waals surface area contributed by atoms with Crippen molar-refractivity contribution in [2.45, 2.75) is 37.4 Å². The highest BCUT2D eigenvalue weighted by Gasteiger charge is 2.23. The molecule has 0 aliphatic carbocycles. The summed E-state index contributed by atoms with van der Waals surface area (Å²) in [6, 6.07) is 7.63. The third kappa shape index (κ3) is 7.77. The van der Waals surface area contributed by atoms with Crippen molar-refractivity contribution < 1.29 is 9.59 Å². The molecule has 1 aromatic carbocycles. The Bertz CT molecular complexity index is 486. The minimum absolute atomic E-state index is 0. The van der Waals surface area contributed by atoms with Crippen LogP contribution in [0.3, 0.4) is 0 Å². The number of nitrogens with two attached hydrogens (primary N) is 1. The molecule has 0 radical (unpaired) electrons. The Labute approximate surface area is 151 Å². The molecule has 0 unspecified atom stereocenters. The first kappa shape index (κ1) is 21.6. The summed E-state index contributed by atoms with van der Waals surface area (Å²) in [6.45, 7) is 4.24. The van der Waals surface area contributed by atoms with Crippen molar-refractivity contribution >= 4 is 51.0 Å². The lowest BCUT2D eigenvalue weighted by atomic mass is 10.0. The van der Waals surface area contributed by atoms with Crippen molar-refractivity contribution in [1.82, 2.24) is 0 Å². The van der Waals surface area contributed by atoms with E-state index in [1.165, 1.54) is 11.8 Å². The van der Waals surface area contributed by atoms with Crippen molar-refractivity contribution in [3.63, 3.8) is 0 Å². The fraction of sp³-hybridized carbons (Fsp3) is 0.500. The second-order valence-electron chi connectivity index (χ2n) is 5.37. The maximum absolute atomic E-state index is 11.8. The van der Waals surface area contributed by atoms with Crippen LogP contribution in [0.1, 0.15) is 42.6 Å². The van der Waals surface area contributed by atoms with Crippen LogP contribution < -0.4 is 5.73 Å². The Morgan fingerprint density at radius 1 is 1.23 bits per heavy atom. The molecule has 0 spiro atoms. The SMILES string of the molecule is CC(C)(Br)C(=O)SCCc1ccc(C(=O)CCCN)cc1.Cl. The number of rotatable bonds is 8. The fourth-order valence-corrected chi connectivity index (χ4v) is 2.91. The fourth-order valence-electron chi connectivity index (χ4n) is 1.70. The van der Waals surface area contributed by atoms with E-state index < -0.39 is 4.32 Å². The molecule has 3 nitrogen and oxygen atoms in total. The van der Waals surface area contributed by atoms with Crippen LogP contribution in [0.2, 0.25) is 0 Å². The Morgan fingerprint density at radius 3 is 2.32 bits per heavy atom. The van der Waals surface area contributed by atoms with Crippen LogP contribution in [0.15, 0.2) is 24.3 Å². The van der Waals surface area contributed by atoms with Gasteiger partial charge in [-0.05, 0) is 38.8 Å². The highest BCUT2D eigenvalue weighted by atomic mass is 79.9. The molecular formula is C16H23BrClNO2S. The summed E-state index contributed by atoms with van der Waals surface area (Å²) in [5.41, 5.74) is 7.27. The summed E-state index contributed by atoms with van der Waals surface area (Å²) >= 11 is 4.69. The number of aryl methyl sites for hydroxylation is 1. The van der Waals surface area contributed by atoms with Gasteiger partial charge in [0.15, 0.2) is 5.78 Å². The van der Waals surface area contributed by atoms with Gasteiger partial charge < -0.3 is 5.73 Å². The van der Waals surface area contributed by atoms with E-state index in [9.17, 15) is 9.59 Å². The summed E-state index contributed by atoms with van der Waals surface area (Å²) in [5.74, 6) is 0.881. The summed E-state index contributed by atoms with van der Waals surface area (Å²) < 4.78 is -0.475. The molecule has 0 saturated carbocycles. The van der Waals surface area contributed by atoms with Gasteiger partial charge in [0.05, 0.1) is 4.32 Å². The number of ketones is 1. The molecule has 0 atom stereocenters. The van der Waals surface area contributed by atoms with Gasteiger partial charge in [-0.25, -0.2) is 0 Å². The molecule has 1 aromatic rings. The first-order chi connectivity index (χ1) is 9.84. The molecule has 0 fully saturated rings. The molecule has 1 rings (SSSR count). The molecule has 0 aromatic heterocycles. The highest BCUT2D eigenvalue weighted by Crippen LogP contribution is 2.24. The molecule has 22 heavy (non-hydrogen) atoms. The lowest BCUT2D eigenvalue weighted by Crippen LogP contribution is -2.21. The maximum Gasteiger partial charge on any atom is 0.205 e. The van der Waals surface area contributed by atoms with Gasteiger partial charge in [-0.15, -0.1) is 12.4 Å². The van der Waals surface area contributed by atoms with Gasteiger partial charge in [0.25, 0.3) is 0 Å². The van der Waals surface area contributed by atoms with Crippen LogP contribution in [-0.4, -0.2) is 27.5 Å². The van der Waals surface area contributed by atoms with Crippen LogP contribution in [-0.2, 0) is 11.2 Å². The first-order valence-electron chi connectivity index (χ1n) is 7.03. The van der Waals surface area contributed by atoms with Crippen molar-refractivity contribution in [3.05, 3.63) is 35.4 Å². The van der Waals surface area contributed by atoms with E-state index in [1.807, 2.05) is 38.1 Å². The van der Waals surface area contributed by atoms with Gasteiger partial charge in [0.1, 0.15) is 0 Å². The van der Waals surface area contributed by atoms with Crippen LogP contribution >= 0.6 is 40.1 Å². The molecule has 0 amide bonds. The van der Waals surface area contributed by atoms with Crippen LogP contribution in [0, 0.1) is 0 Å². The van der Waals surface area contributed by atoms with E-state index in [-0.39, 0.29) is 23.3 Å². The number of halogens is 2. The van der Waals surface area contributed by atoms with Gasteiger partial charge in [0.2, 0.25) is 5.12 Å². The highest BCUT2D eigenvalue weighted by molar-refractivity contribution is 9.10. The van der Waals surface area contributed by atoms with E-state index in [0.717, 1.165) is 29.7 Å². The Hall–Kier alpha value is -0.360. The monoisotopic (exact) mass is 407 g/mol. The number of hydrogen-bond acceptors (Lipinski definition) is 4. The largest absolute Gasteiger partial charge is 0.330 e. The quantitative estimate of drug-likeness (QED) is 0.521. The smallest absolute Gasteiger partial charge is 0.205 e. The Morgan fingerprint density at radius 2 is 1.82 bits per heavy atom. The van der Waals surface area contributed by atoms with Gasteiger partial charge in [-0.2, -0.15) is 0 Å². The van der Waals surface area contributed by atoms with Crippen LogP contribution in [0.5, 0.6) is 0 Å². The normalized spacial score (nSPS) is 10.9. The first-order valence-corrected chi connectivity index (χ1v) is 8.81. The Balaban J connectivity index is 0.00000441. The van der Waals surface area contributed by atoms with Crippen LogP contribution in [0.25, 0.3) is 0 Å². The molecule has 0 saturated heterocycles. The molecule has 0 aliphatic heterocycles. The van der Waals surface area contributed by atoms with E-state index in [2.05, 4.69) is 15.9 Å². The maximum atomic E-state index is 11.8. The minimum atomic E-state index is -0.475. The third-order valence-electron chi connectivity index (χ3n) is 2.99. The molecule has 124 valence electrons. The predicted octanol–water partition coefficient (Wildman–Crippen LogP) is 4.01. The number of Topliss-reactive ketones (excluding diaryl/α,β-unsaturated/α-hetero) is 1.